The molecular weight excluding hydrogens is 222 g/mol. The second kappa shape index (κ2) is 4.32. The number of anilines is 1. The predicted octanol–water partition coefficient (Wildman–Crippen LogP) is 1.54. The summed E-state index contributed by atoms with van der Waals surface area (Å²) in [5, 5.41) is 0. The normalized spacial score (nSPS) is 10.2. The molecule has 0 spiro atoms. The summed E-state index contributed by atoms with van der Waals surface area (Å²) in [6, 6.07) is 11.1. The van der Waals surface area contributed by atoms with Gasteiger partial charge in [-0.25, -0.2) is 0 Å². The summed E-state index contributed by atoms with van der Waals surface area (Å²) in [5.41, 5.74) is 6.56. The van der Waals surface area contributed by atoms with E-state index in [-0.39, 0.29) is 5.56 Å². The van der Waals surface area contributed by atoms with E-state index in [1.54, 1.807) is 4.57 Å². The van der Waals surface area contributed by atoms with Gasteiger partial charge in [-0.1, -0.05) is 30.3 Å². The van der Waals surface area contributed by atoms with Crippen molar-refractivity contribution in [3.05, 3.63) is 57.1 Å². The fourth-order valence-electron chi connectivity index (χ4n) is 1.47. The molecular formula is C11H11N3OS. The van der Waals surface area contributed by atoms with Gasteiger partial charge >= 0.3 is 0 Å². The molecule has 0 aliphatic heterocycles. The van der Waals surface area contributed by atoms with Crippen LogP contribution in [-0.4, -0.2) is 9.55 Å². The molecule has 0 radical (unpaired) electrons. The van der Waals surface area contributed by atoms with E-state index in [9.17, 15) is 4.79 Å². The zero-order valence-corrected chi connectivity index (χ0v) is 9.33. The maximum atomic E-state index is 11.1. The summed E-state index contributed by atoms with van der Waals surface area (Å²) in [6.45, 7) is 0.558. The number of benzene rings is 1. The first-order valence-corrected chi connectivity index (χ1v) is 5.21. The fourth-order valence-corrected chi connectivity index (χ4v) is 1.74. The minimum absolute atomic E-state index is 0.271. The van der Waals surface area contributed by atoms with Crippen LogP contribution in [0, 0.1) is 4.77 Å². The van der Waals surface area contributed by atoms with Gasteiger partial charge in [0.1, 0.15) is 5.82 Å². The molecule has 0 aliphatic carbocycles. The number of nitrogens with one attached hydrogen (secondary N) is 1. The summed E-state index contributed by atoms with van der Waals surface area (Å²) >= 11 is 5.05. The molecule has 82 valence electrons. The van der Waals surface area contributed by atoms with Crippen molar-refractivity contribution >= 4 is 18.0 Å². The number of aromatic amines is 1. The Kier molecular flexibility index (Phi) is 2.87. The molecule has 1 aromatic heterocycles. The SMILES string of the molecule is Nc1cc(=O)[nH]c(=S)n1Cc1ccccc1. The fraction of sp³-hybridized carbons (Fsp3) is 0.0909. The van der Waals surface area contributed by atoms with Gasteiger partial charge < -0.3 is 10.3 Å². The van der Waals surface area contributed by atoms with Crippen molar-refractivity contribution in [2.24, 2.45) is 0 Å². The number of hydrogen-bond donors (Lipinski definition) is 2. The number of nitrogens with zero attached hydrogens (tertiary/aromatic N) is 1. The molecule has 0 saturated heterocycles. The molecule has 4 nitrogen and oxygen atoms in total. The van der Waals surface area contributed by atoms with E-state index in [0.29, 0.717) is 17.1 Å². The minimum atomic E-state index is -0.271. The summed E-state index contributed by atoms with van der Waals surface area (Å²) in [4.78, 5) is 13.6. The van der Waals surface area contributed by atoms with E-state index in [1.807, 2.05) is 30.3 Å². The topological polar surface area (TPSA) is 63.8 Å². The van der Waals surface area contributed by atoms with Crippen LogP contribution in [0.15, 0.2) is 41.2 Å². The van der Waals surface area contributed by atoms with Crippen molar-refractivity contribution in [2.45, 2.75) is 6.54 Å². The van der Waals surface area contributed by atoms with Gasteiger partial charge in [0.2, 0.25) is 0 Å². The largest absolute Gasteiger partial charge is 0.385 e. The molecule has 0 bridgehead atoms. The van der Waals surface area contributed by atoms with Crippen molar-refractivity contribution < 1.29 is 0 Å². The summed E-state index contributed by atoms with van der Waals surface area (Å²) in [5.74, 6) is 0.373. The van der Waals surface area contributed by atoms with E-state index in [1.165, 1.54) is 6.07 Å². The quantitative estimate of drug-likeness (QED) is 0.773. The van der Waals surface area contributed by atoms with Crippen LogP contribution in [0.2, 0.25) is 0 Å². The molecule has 0 unspecified atom stereocenters. The predicted molar refractivity (Wildman–Crippen MR) is 65.8 cm³/mol. The minimum Gasteiger partial charge on any atom is -0.385 e. The standard InChI is InChI=1S/C11H11N3OS/c12-9-6-10(15)13-11(16)14(9)7-8-4-2-1-3-5-8/h1-6H,7,12H2,(H,13,15,16). The first-order chi connectivity index (χ1) is 7.66. The number of hydrogen-bond acceptors (Lipinski definition) is 3. The van der Waals surface area contributed by atoms with Gasteiger partial charge in [-0.2, -0.15) is 0 Å². The van der Waals surface area contributed by atoms with Crippen LogP contribution in [0.1, 0.15) is 5.56 Å². The highest BCUT2D eigenvalue weighted by molar-refractivity contribution is 7.71. The van der Waals surface area contributed by atoms with Crippen LogP contribution >= 0.6 is 12.2 Å². The van der Waals surface area contributed by atoms with E-state index in [2.05, 4.69) is 4.98 Å². The number of H-pyrrole nitrogens is 1. The van der Waals surface area contributed by atoms with Crippen molar-refractivity contribution in [3.8, 4) is 0 Å². The summed E-state index contributed by atoms with van der Waals surface area (Å²) in [7, 11) is 0. The zero-order chi connectivity index (χ0) is 11.5. The Hall–Kier alpha value is -1.88. The molecule has 0 atom stereocenters. The first-order valence-electron chi connectivity index (χ1n) is 4.80. The van der Waals surface area contributed by atoms with E-state index in [4.69, 9.17) is 18.0 Å². The third-order valence-electron chi connectivity index (χ3n) is 2.25. The Bertz CT molecular complexity index is 601. The molecule has 0 aliphatic rings. The molecule has 2 aromatic rings. The average Bonchev–Trinajstić information content (AvgIpc) is 2.25. The maximum absolute atomic E-state index is 11.1. The highest BCUT2D eigenvalue weighted by atomic mass is 32.1. The molecule has 3 N–H and O–H groups in total. The zero-order valence-electron chi connectivity index (χ0n) is 8.51. The number of nitrogens with two attached hydrogens (primary N) is 1. The Labute approximate surface area is 97.4 Å². The van der Waals surface area contributed by atoms with Crippen LogP contribution in [0.5, 0.6) is 0 Å². The third kappa shape index (κ3) is 2.20. The van der Waals surface area contributed by atoms with Crippen LogP contribution in [0.25, 0.3) is 0 Å². The van der Waals surface area contributed by atoms with Gasteiger partial charge in [0.15, 0.2) is 4.77 Å². The molecule has 5 heteroatoms. The Morgan fingerprint density at radius 1 is 1.31 bits per heavy atom. The highest BCUT2D eigenvalue weighted by Gasteiger charge is 2.00. The Morgan fingerprint density at radius 2 is 2.00 bits per heavy atom. The molecule has 0 fully saturated rings. The maximum Gasteiger partial charge on any atom is 0.253 e. The van der Waals surface area contributed by atoms with Gasteiger partial charge in [-0.15, -0.1) is 0 Å². The van der Waals surface area contributed by atoms with Gasteiger partial charge in [0.25, 0.3) is 5.56 Å². The van der Waals surface area contributed by atoms with E-state index >= 15 is 0 Å². The van der Waals surface area contributed by atoms with Gasteiger partial charge in [-0.3, -0.25) is 9.78 Å². The molecule has 1 aromatic carbocycles. The van der Waals surface area contributed by atoms with Gasteiger partial charge in [0, 0.05) is 6.07 Å². The molecule has 16 heavy (non-hydrogen) atoms. The Balaban J connectivity index is 2.43. The second-order valence-electron chi connectivity index (χ2n) is 3.44. The van der Waals surface area contributed by atoms with Crippen LogP contribution < -0.4 is 11.3 Å². The lowest BCUT2D eigenvalue weighted by Crippen LogP contribution is -2.16. The number of nitrogen functional groups attached to an aromatic ring is 1. The van der Waals surface area contributed by atoms with Crippen LogP contribution in [0.3, 0.4) is 0 Å². The second-order valence-corrected chi connectivity index (χ2v) is 3.82. The van der Waals surface area contributed by atoms with Crippen LogP contribution in [-0.2, 0) is 6.54 Å². The molecule has 0 amide bonds. The smallest absolute Gasteiger partial charge is 0.253 e. The lowest BCUT2D eigenvalue weighted by Gasteiger charge is -2.09. The lowest BCUT2D eigenvalue weighted by molar-refractivity contribution is 0.757. The first kappa shape index (κ1) is 10.6. The molecule has 0 saturated carbocycles. The molecule has 1 heterocycles. The highest BCUT2D eigenvalue weighted by Crippen LogP contribution is 2.06. The van der Waals surface area contributed by atoms with Crippen LogP contribution in [0.4, 0.5) is 5.82 Å². The summed E-state index contributed by atoms with van der Waals surface area (Å²) in [6.07, 6.45) is 0. The average molecular weight is 233 g/mol. The summed E-state index contributed by atoms with van der Waals surface area (Å²) < 4.78 is 2.03. The van der Waals surface area contributed by atoms with Crippen molar-refractivity contribution in [1.29, 1.82) is 0 Å². The van der Waals surface area contributed by atoms with Crippen molar-refractivity contribution in [3.63, 3.8) is 0 Å². The monoisotopic (exact) mass is 233 g/mol. The van der Waals surface area contributed by atoms with E-state index in [0.717, 1.165) is 5.56 Å². The lowest BCUT2D eigenvalue weighted by atomic mass is 10.2. The van der Waals surface area contributed by atoms with Gasteiger partial charge in [0.05, 0.1) is 6.54 Å². The molecule has 2 rings (SSSR count). The van der Waals surface area contributed by atoms with Crippen molar-refractivity contribution in [2.75, 3.05) is 5.73 Å². The third-order valence-corrected chi connectivity index (χ3v) is 2.57. The van der Waals surface area contributed by atoms with E-state index < -0.39 is 0 Å². The number of aromatic nitrogens is 2. The van der Waals surface area contributed by atoms with Gasteiger partial charge in [-0.05, 0) is 17.8 Å². The van der Waals surface area contributed by atoms with Crippen molar-refractivity contribution in [1.82, 2.24) is 9.55 Å². The number of rotatable bonds is 2. The Morgan fingerprint density at radius 3 is 2.62 bits per heavy atom.